The van der Waals surface area contributed by atoms with E-state index in [1.165, 1.54) is 31.3 Å². The summed E-state index contributed by atoms with van der Waals surface area (Å²) >= 11 is 0. The average molecular weight is 311 g/mol. The van der Waals surface area contributed by atoms with Crippen LogP contribution in [0.25, 0.3) is 0 Å². The standard InChI is InChI=1S/C21H29NO/c1-20-11-8-19-17(18(20)6-4-14(20)9-12-22)5-3-15-13-16(23)7-10-21(15,19)2/h3,9,16-19,23H,4-8,10-11,13H2,1-2H3. The van der Waals surface area contributed by atoms with Gasteiger partial charge in [0.2, 0.25) is 0 Å². The predicted molar refractivity (Wildman–Crippen MR) is 91.4 cm³/mol. The fourth-order valence-electron chi connectivity index (χ4n) is 6.80. The van der Waals surface area contributed by atoms with Crippen LogP contribution in [-0.2, 0) is 0 Å². The third-order valence-corrected chi connectivity index (χ3v) is 8.16. The van der Waals surface area contributed by atoms with Gasteiger partial charge in [-0.3, -0.25) is 0 Å². The zero-order valence-corrected chi connectivity index (χ0v) is 14.5. The van der Waals surface area contributed by atoms with E-state index < -0.39 is 0 Å². The average Bonchev–Trinajstić information content (AvgIpc) is 2.85. The van der Waals surface area contributed by atoms with Crippen molar-refractivity contribution in [2.24, 2.45) is 28.6 Å². The Morgan fingerprint density at radius 1 is 1.17 bits per heavy atom. The van der Waals surface area contributed by atoms with Crippen LogP contribution in [0.5, 0.6) is 0 Å². The summed E-state index contributed by atoms with van der Waals surface area (Å²) in [7, 11) is 0. The molecule has 4 aliphatic carbocycles. The van der Waals surface area contributed by atoms with Crippen molar-refractivity contribution in [3.63, 3.8) is 0 Å². The van der Waals surface area contributed by atoms with Gasteiger partial charge in [0.05, 0.1) is 12.2 Å². The van der Waals surface area contributed by atoms with Crippen LogP contribution in [0.15, 0.2) is 23.3 Å². The molecule has 2 nitrogen and oxygen atoms in total. The molecule has 1 N–H and O–H groups in total. The smallest absolute Gasteiger partial charge is 0.0911 e. The number of aliphatic hydroxyl groups is 1. The van der Waals surface area contributed by atoms with Gasteiger partial charge < -0.3 is 5.11 Å². The topological polar surface area (TPSA) is 44.0 Å². The van der Waals surface area contributed by atoms with Crippen molar-refractivity contribution in [3.8, 4) is 6.07 Å². The van der Waals surface area contributed by atoms with Crippen LogP contribution >= 0.6 is 0 Å². The summed E-state index contributed by atoms with van der Waals surface area (Å²) in [5, 5.41) is 19.2. The molecule has 0 aromatic rings. The van der Waals surface area contributed by atoms with Gasteiger partial charge in [-0.1, -0.05) is 31.1 Å². The molecule has 124 valence electrons. The van der Waals surface area contributed by atoms with Gasteiger partial charge in [0.25, 0.3) is 0 Å². The number of nitriles is 1. The van der Waals surface area contributed by atoms with Gasteiger partial charge in [0.1, 0.15) is 0 Å². The molecule has 0 heterocycles. The first kappa shape index (κ1) is 15.5. The highest BCUT2D eigenvalue weighted by atomic mass is 16.3. The van der Waals surface area contributed by atoms with Crippen LogP contribution in [0.4, 0.5) is 0 Å². The maximum atomic E-state index is 10.1. The van der Waals surface area contributed by atoms with Crippen molar-refractivity contribution in [2.45, 2.75) is 71.3 Å². The highest BCUT2D eigenvalue weighted by molar-refractivity contribution is 5.31. The minimum Gasteiger partial charge on any atom is -0.393 e. The quantitative estimate of drug-likeness (QED) is 0.518. The first-order valence-corrected chi connectivity index (χ1v) is 9.46. The van der Waals surface area contributed by atoms with E-state index in [4.69, 9.17) is 5.26 Å². The largest absolute Gasteiger partial charge is 0.393 e. The van der Waals surface area contributed by atoms with Crippen LogP contribution in [0.3, 0.4) is 0 Å². The number of nitrogens with zero attached hydrogens (tertiary/aromatic N) is 1. The molecule has 6 unspecified atom stereocenters. The fraction of sp³-hybridized carbons (Fsp3) is 0.762. The van der Waals surface area contributed by atoms with Crippen LogP contribution in [-0.4, -0.2) is 11.2 Å². The van der Waals surface area contributed by atoms with Crippen LogP contribution in [0, 0.1) is 39.9 Å². The maximum absolute atomic E-state index is 10.1. The Balaban J connectivity index is 1.68. The lowest BCUT2D eigenvalue weighted by Crippen LogP contribution is -2.49. The third kappa shape index (κ3) is 2.09. The number of rotatable bonds is 0. The second-order valence-corrected chi connectivity index (χ2v) is 8.95. The van der Waals surface area contributed by atoms with E-state index in [1.807, 2.05) is 6.08 Å². The predicted octanol–water partition coefficient (Wildman–Crippen LogP) is 4.76. The number of fused-ring (bicyclic) bond motifs is 5. The summed E-state index contributed by atoms with van der Waals surface area (Å²) in [6.45, 7) is 4.90. The van der Waals surface area contributed by atoms with E-state index in [-0.39, 0.29) is 11.5 Å². The Bertz CT molecular complexity index is 612. The molecule has 0 aliphatic heterocycles. The molecule has 0 aromatic heterocycles. The van der Waals surface area contributed by atoms with Crippen molar-refractivity contribution >= 4 is 0 Å². The van der Waals surface area contributed by atoms with E-state index in [0.29, 0.717) is 5.41 Å². The monoisotopic (exact) mass is 311 g/mol. The van der Waals surface area contributed by atoms with Gasteiger partial charge in [0.15, 0.2) is 0 Å². The Morgan fingerprint density at radius 2 is 1.91 bits per heavy atom. The van der Waals surface area contributed by atoms with Gasteiger partial charge in [-0.2, -0.15) is 5.26 Å². The molecule has 23 heavy (non-hydrogen) atoms. The molecule has 0 bridgehead atoms. The van der Waals surface area contributed by atoms with Crippen LogP contribution < -0.4 is 0 Å². The molecular formula is C21H29NO. The molecule has 3 fully saturated rings. The second-order valence-electron chi connectivity index (χ2n) is 8.95. The summed E-state index contributed by atoms with van der Waals surface area (Å²) in [5.74, 6) is 2.32. The Hall–Kier alpha value is -1.07. The summed E-state index contributed by atoms with van der Waals surface area (Å²) in [4.78, 5) is 0. The SMILES string of the molecule is CC12CCC3C(CC=C4CC(O)CCC43C)C1CCC2=CC#N. The first-order chi connectivity index (χ1) is 11.0. The Morgan fingerprint density at radius 3 is 2.70 bits per heavy atom. The van der Waals surface area contributed by atoms with Crippen LogP contribution in [0.1, 0.15) is 65.2 Å². The lowest BCUT2D eigenvalue weighted by Gasteiger charge is -2.57. The summed E-state index contributed by atoms with van der Waals surface area (Å²) in [5.41, 5.74) is 3.56. The van der Waals surface area contributed by atoms with E-state index in [2.05, 4.69) is 26.0 Å². The molecule has 0 amide bonds. The van der Waals surface area contributed by atoms with Gasteiger partial charge >= 0.3 is 0 Å². The zero-order chi connectivity index (χ0) is 16.2. The summed E-state index contributed by atoms with van der Waals surface area (Å²) in [6.07, 6.45) is 13.4. The first-order valence-electron chi connectivity index (χ1n) is 9.46. The van der Waals surface area contributed by atoms with Crippen molar-refractivity contribution in [2.75, 3.05) is 0 Å². The number of hydrogen-bond acceptors (Lipinski definition) is 2. The molecule has 0 spiro atoms. The number of hydrogen-bond donors (Lipinski definition) is 1. The lowest BCUT2D eigenvalue weighted by molar-refractivity contribution is -0.0268. The van der Waals surface area contributed by atoms with E-state index >= 15 is 0 Å². The van der Waals surface area contributed by atoms with Crippen molar-refractivity contribution in [3.05, 3.63) is 23.3 Å². The van der Waals surface area contributed by atoms with E-state index in [1.54, 1.807) is 5.57 Å². The molecule has 0 aromatic carbocycles. The molecule has 4 rings (SSSR count). The Kier molecular flexibility index (Phi) is 3.50. The minimum absolute atomic E-state index is 0.114. The third-order valence-electron chi connectivity index (χ3n) is 8.16. The van der Waals surface area contributed by atoms with E-state index in [9.17, 15) is 5.11 Å². The van der Waals surface area contributed by atoms with Crippen molar-refractivity contribution in [1.82, 2.24) is 0 Å². The van der Waals surface area contributed by atoms with Crippen LogP contribution in [0.2, 0.25) is 0 Å². The minimum atomic E-state index is -0.114. The molecule has 0 saturated heterocycles. The molecule has 2 heteroatoms. The Labute approximate surface area is 140 Å². The van der Waals surface area contributed by atoms with Gasteiger partial charge in [-0.15, -0.1) is 0 Å². The molecule has 4 aliphatic rings. The second kappa shape index (κ2) is 5.21. The zero-order valence-electron chi connectivity index (χ0n) is 14.5. The fourth-order valence-corrected chi connectivity index (χ4v) is 6.80. The van der Waals surface area contributed by atoms with Gasteiger partial charge in [-0.25, -0.2) is 0 Å². The summed E-state index contributed by atoms with van der Waals surface area (Å²) in [6, 6.07) is 2.30. The van der Waals surface area contributed by atoms with Crippen molar-refractivity contribution < 1.29 is 5.11 Å². The highest BCUT2D eigenvalue weighted by Gasteiger charge is 2.57. The lowest BCUT2D eigenvalue weighted by atomic mass is 9.48. The van der Waals surface area contributed by atoms with E-state index in [0.717, 1.165) is 43.4 Å². The number of aliphatic hydroxyl groups excluding tert-OH is 1. The molecular weight excluding hydrogens is 282 g/mol. The van der Waals surface area contributed by atoms with Crippen molar-refractivity contribution in [1.29, 1.82) is 5.26 Å². The highest BCUT2D eigenvalue weighted by Crippen LogP contribution is 2.66. The molecule has 0 radical (unpaired) electrons. The normalized spacial score (nSPS) is 50.5. The molecule has 6 atom stereocenters. The van der Waals surface area contributed by atoms with Gasteiger partial charge in [0, 0.05) is 6.08 Å². The summed E-state index contributed by atoms with van der Waals surface area (Å²) < 4.78 is 0. The molecule has 3 saturated carbocycles. The maximum Gasteiger partial charge on any atom is 0.0911 e. The number of allylic oxidation sites excluding steroid dienone is 3. The van der Waals surface area contributed by atoms with Gasteiger partial charge in [-0.05, 0) is 80.0 Å².